The van der Waals surface area contributed by atoms with Crippen LogP contribution in [0.2, 0.25) is 0 Å². The molecule has 1 aromatic rings. The molecular weight excluding hydrogens is 281 g/mol. The number of hydrogen-bond donors (Lipinski definition) is 1. The molecule has 1 N–H and O–H groups in total. The summed E-state index contributed by atoms with van der Waals surface area (Å²) in [6.07, 6.45) is 2.28. The molecule has 1 unspecified atom stereocenters. The van der Waals surface area contributed by atoms with Crippen molar-refractivity contribution in [3.63, 3.8) is 0 Å². The third-order valence-electron chi connectivity index (χ3n) is 4.27. The highest BCUT2D eigenvalue weighted by Crippen LogP contribution is 2.18. The maximum absolute atomic E-state index is 13.0. The highest BCUT2D eigenvalue weighted by atomic mass is 19.1. The fourth-order valence-electron chi connectivity index (χ4n) is 2.75. The molecule has 22 heavy (non-hydrogen) atoms. The third kappa shape index (κ3) is 4.44. The Morgan fingerprint density at radius 3 is 2.55 bits per heavy atom. The topological polar surface area (TPSA) is 36.9 Å². The first-order valence-corrected chi connectivity index (χ1v) is 7.88. The lowest BCUT2D eigenvalue weighted by Gasteiger charge is -2.33. The van der Waals surface area contributed by atoms with Crippen LogP contribution in [0.5, 0.6) is 0 Å². The van der Waals surface area contributed by atoms with Gasteiger partial charge in [-0.15, -0.1) is 0 Å². The van der Waals surface area contributed by atoms with Crippen molar-refractivity contribution in [3.05, 3.63) is 35.6 Å². The maximum Gasteiger partial charge on any atom is 0.193 e. The molecule has 1 heterocycles. The third-order valence-corrected chi connectivity index (χ3v) is 4.27. The van der Waals surface area contributed by atoms with Gasteiger partial charge < -0.3 is 15.0 Å². The van der Waals surface area contributed by atoms with Gasteiger partial charge in [0.1, 0.15) is 5.82 Å². The summed E-state index contributed by atoms with van der Waals surface area (Å²) in [4.78, 5) is 6.66. The SMILES string of the molecule is CN=C(NCC(OC)c1ccc(F)cc1)N1CCC(C)CC1. The van der Waals surface area contributed by atoms with E-state index in [0.717, 1.165) is 30.5 Å². The lowest BCUT2D eigenvalue weighted by Crippen LogP contribution is -2.46. The number of benzene rings is 1. The normalized spacial score (nSPS) is 18.4. The molecule has 1 aliphatic rings. The van der Waals surface area contributed by atoms with E-state index in [-0.39, 0.29) is 11.9 Å². The number of guanidine groups is 1. The van der Waals surface area contributed by atoms with Crippen molar-refractivity contribution < 1.29 is 9.13 Å². The first-order valence-electron chi connectivity index (χ1n) is 7.88. The van der Waals surface area contributed by atoms with Crippen LogP contribution in [0.1, 0.15) is 31.4 Å². The molecule has 1 aliphatic heterocycles. The number of ether oxygens (including phenoxy) is 1. The van der Waals surface area contributed by atoms with E-state index in [4.69, 9.17) is 4.74 Å². The van der Waals surface area contributed by atoms with E-state index in [0.29, 0.717) is 6.54 Å². The number of halogens is 1. The zero-order valence-corrected chi connectivity index (χ0v) is 13.7. The zero-order valence-electron chi connectivity index (χ0n) is 13.7. The minimum Gasteiger partial charge on any atom is -0.375 e. The average molecular weight is 307 g/mol. The quantitative estimate of drug-likeness (QED) is 0.686. The van der Waals surface area contributed by atoms with E-state index >= 15 is 0 Å². The molecule has 5 heteroatoms. The van der Waals surface area contributed by atoms with Gasteiger partial charge in [-0.1, -0.05) is 19.1 Å². The van der Waals surface area contributed by atoms with Crippen molar-refractivity contribution in [2.75, 3.05) is 33.8 Å². The Hall–Kier alpha value is -1.62. The second-order valence-electron chi connectivity index (χ2n) is 5.87. The number of methoxy groups -OCH3 is 1. The van der Waals surface area contributed by atoms with E-state index < -0.39 is 0 Å². The van der Waals surface area contributed by atoms with Gasteiger partial charge >= 0.3 is 0 Å². The van der Waals surface area contributed by atoms with E-state index in [9.17, 15) is 4.39 Å². The summed E-state index contributed by atoms with van der Waals surface area (Å²) in [5, 5.41) is 3.38. The van der Waals surface area contributed by atoms with E-state index in [1.54, 1.807) is 26.3 Å². The van der Waals surface area contributed by atoms with Gasteiger partial charge in [-0.3, -0.25) is 4.99 Å². The van der Waals surface area contributed by atoms with Crippen LogP contribution >= 0.6 is 0 Å². The maximum atomic E-state index is 13.0. The van der Waals surface area contributed by atoms with Crippen LogP contribution in [-0.4, -0.2) is 44.7 Å². The molecule has 122 valence electrons. The van der Waals surface area contributed by atoms with Crippen molar-refractivity contribution in [1.82, 2.24) is 10.2 Å². The predicted octanol–water partition coefficient (Wildman–Crippen LogP) is 2.82. The van der Waals surface area contributed by atoms with Gasteiger partial charge in [0.2, 0.25) is 0 Å². The van der Waals surface area contributed by atoms with E-state index in [1.807, 2.05) is 0 Å². The summed E-state index contributed by atoms with van der Waals surface area (Å²) in [6, 6.07) is 6.44. The Morgan fingerprint density at radius 1 is 1.36 bits per heavy atom. The monoisotopic (exact) mass is 307 g/mol. The van der Waals surface area contributed by atoms with E-state index in [2.05, 4.69) is 22.1 Å². The Labute approximate surface area is 132 Å². The van der Waals surface area contributed by atoms with Crippen LogP contribution in [0.3, 0.4) is 0 Å². The standard InChI is InChI=1S/C17H26FN3O/c1-13-8-10-21(11-9-13)17(19-2)20-12-16(22-3)14-4-6-15(18)7-5-14/h4-7,13,16H,8-12H2,1-3H3,(H,19,20). The van der Waals surface area contributed by atoms with Crippen LogP contribution in [-0.2, 0) is 4.74 Å². The second kappa shape index (κ2) is 8.13. The number of aliphatic imine (C=N–C) groups is 1. The Bertz CT molecular complexity index is 481. The average Bonchev–Trinajstić information content (AvgIpc) is 2.54. The Morgan fingerprint density at radius 2 is 2.00 bits per heavy atom. The van der Waals surface area contributed by atoms with Crippen molar-refractivity contribution in [2.45, 2.75) is 25.9 Å². The molecule has 0 radical (unpaired) electrons. The second-order valence-corrected chi connectivity index (χ2v) is 5.87. The molecule has 0 bridgehead atoms. The molecule has 1 fully saturated rings. The van der Waals surface area contributed by atoms with Crippen molar-refractivity contribution >= 4 is 5.96 Å². The van der Waals surface area contributed by atoms with Crippen LogP contribution in [0, 0.1) is 11.7 Å². The largest absolute Gasteiger partial charge is 0.375 e. The highest BCUT2D eigenvalue weighted by molar-refractivity contribution is 5.80. The van der Waals surface area contributed by atoms with E-state index in [1.165, 1.54) is 25.0 Å². The molecule has 1 saturated heterocycles. The molecule has 1 aromatic carbocycles. The van der Waals surface area contributed by atoms with Crippen molar-refractivity contribution in [2.24, 2.45) is 10.9 Å². The van der Waals surface area contributed by atoms with Crippen molar-refractivity contribution in [1.29, 1.82) is 0 Å². The minimum absolute atomic E-state index is 0.124. The number of nitrogens with one attached hydrogen (secondary N) is 1. The number of piperidine rings is 1. The molecule has 2 rings (SSSR count). The van der Waals surface area contributed by atoms with Crippen LogP contribution in [0.15, 0.2) is 29.3 Å². The van der Waals surface area contributed by atoms with Gasteiger partial charge in [0.25, 0.3) is 0 Å². The fraction of sp³-hybridized carbons (Fsp3) is 0.588. The smallest absolute Gasteiger partial charge is 0.193 e. The van der Waals surface area contributed by atoms with Crippen LogP contribution < -0.4 is 5.32 Å². The lowest BCUT2D eigenvalue weighted by atomic mass is 9.99. The molecule has 0 aliphatic carbocycles. The molecule has 0 spiro atoms. The number of rotatable bonds is 4. The number of nitrogens with zero attached hydrogens (tertiary/aromatic N) is 2. The number of likely N-dealkylation sites (tertiary alicyclic amines) is 1. The Balaban J connectivity index is 1.92. The summed E-state index contributed by atoms with van der Waals surface area (Å²) in [5.74, 6) is 1.47. The van der Waals surface area contributed by atoms with Gasteiger partial charge in [0, 0.05) is 33.8 Å². The van der Waals surface area contributed by atoms with Gasteiger partial charge in [-0.2, -0.15) is 0 Å². The van der Waals surface area contributed by atoms with Gasteiger partial charge in [-0.25, -0.2) is 4.39 Å². The summed E-state index contributed by atoms with van der Waals surface area (Å²) < 4.78 is 18.5. The molecule has 0 aromatic heterocycles. The summed E-state index contributed by atoms with van der Waals surface area (Å²) in [5.41, 5.74) is 0.958. The fourth-order valence-corrected chi connectivity index (χ4v) is 2.75. The van der Waals surface area contributed by atoms with Gasteiger partial charge in [0.15, 0.2) is 5.96 Å². The van der Waals surface area contributed by atoms with Gasteiger partial charge in [0.05, 0.1) is 6.10 Å². The Kier molecular flexibility index (Phi) is 6.19. The molecular formula is C17H26FN3O. The highest BCUT2D eigenvalue weighted by Gasteiger charge is 2.19. The lowest BCUT2D eigenvalue weighted by molar-refractivity contribution is 0.105. The van der Waals surface area contributed by atoms with Crippen molar-refractivity contribution in [3.8, 4) is 0 Å². The first kappa shape index (κ1) is 16.7. The number of hydrogen-bond acceptors (Lipinski definition) is 2. The zero-order chi connectivity index (χ0) is 15.9. The summed E-state index contributed by atoms with van der Waals surface area (Å²) >= 11 is 0. The van der Waals surface area contributed by atoms with Crippen LogP contribution in [0.25, 0.3) is 0 Å². The van der Waals surface area contributed by atoms with Gasteiger partial charge in [-0.05, 0) is 36.5 Å². The first-order chi connectivity index (χ1) is 10.6. The summed E-state index contributed by atoms with van der Waals surface area (Å²) in [6.45, 7) is 4.98. The molecule has 1 atom stereocenters. The van der Waals surface area contributed by atoms with Crippen LogP contribution in [0.4, 0.5) is 4.39 Å². The molecule has 0 amide bonds. The summed E-state index contributed by atoms with van der Waals surface area (Å²) in [7, 11) is 3.47. The predicted molar refractivity (Wildman–Crippen MR) is 87.5 cm³/mol. The molecule has 4 nitrogen and oxygen atoms in total. The minimum atomic E-state index is -0.232. The molecule has 0 saturated carbocycles.